The first-order valence-electron chi connectivity index (χ1n) is 13.7. The predicted octanol–water partition coefficient (Wildman–Crippen LogP) is 7.47. The van der Waals surface area contributed by atoms with Crippen LogP contribution < -0.4 is 20.4 Å². The second kappa shape index (κ2) is 16.1. The number of terminal acetylenes is 1. The Labute approximate surface area is 286 Å². The van der Waals surface area contributed by atoms with E-state index in [0.29, 0.717) is 29.5 Å². The van der Waals surface area contributed by atoms with Gasteiger partial charge in [-0.15, -0.1) is 18.8 Å². The Balaban J connectivity index is 0.00000423. The summed E-state index contributed by atoms with van der Waals surface area (Å²) in [6, 6.07) is 22.8. The fraction of sp³-hybridized carbons (Fsp3) is 0.250. The Bertz CT molecular complexity index is 1570. The van der Waals surface area contributed by atoms with Gasteiger partial charge in [0.1, 0.15) is 12.4 Å². The van der Waals surface area contributed by atoms with Gasteiger partial charge in [0, 0.05) is 27.9 Å². The normalized spacial score (nSPS) is 13.3. The molecule has 2 heterocycles. The molecule has 2 N–H and O–H groups in total. The number of nitrogens with zero attached hydrogens (tertiary/aromatic N) is 5. The van der Waals surface area contributed by atoms with Crippen LogP contribution >= 0.6 is 57.6 Å². The van der Waals surface area contributed by atoms with Gasteiger partial charge in [0.05, 0.1) is 9.78 Å². The zero-order chi connectivity index (χ0) is 29.3. The molecule has 4 aromatic rings. The molecule has 1 fully saturated rings. The van der Waals surface area contributed by atoms with Crippen LogP contribution in [0, 0.1) is 32.3 Å². The SMILES string of the molecule is C#CCOc1c(I)cc(I)cc1/C=N/Nc1nc(Nc2ccc(C)cc2)nc(N2CCC(Cc3ccccc3)CC2)n1.Cl. The third kappa shape index (κ3) is 9.42. The van der Waals surface area contributed by atoms with Gasteiger partial charge in [-0.1, -0.05) is 53.9 Å². The zero-order valence-electron chi connectivity index (χ0n) is 23.6. The van der Waals surface area contributed by atoms with E-state index in [1.54, 1.807) is 6.21 Å². The molecule has 0 amide bonds. The lowest BCUT2D eigenvalue weighted by molar-refractivity contribution is 0.367. The maximum atomic E-state index is 5.79. The summed E-state index contributed by atoms with van der Waals surface area (Å²) in [6.45, 7) is 4.00. The molecule has 222 valence electrons. The number of hydrogen-bond donors (Lipinski definition) is 2. The minimum absolute atomic E-state index is 0. The van der Waals surface area contributed by atoms with Gasteiger partial charge in [0.25, 0.3) is 0 Å². The van der Waals surface area contributed by atoms with Gasteiger partial charge in [0.15, 0.2) is 0 Å². The molecule has 1 aliphatic heterocycles. The van der Waals surface area contributed by atoms with Gasteiger partial charge in [-0.05, 0) is 107 Å². The van der Waals surface area contributed by atoms with E-state index in [2.05, 4.69) is 114 Å². The van der Waals surface area contributed by atoms with Gasteiger partial charge in [0.2, 0.25) is 17.8 Å². The van der Waals surface area contributed by atoms with Gasteiger partial charge < -0.3 is 15.0 Å². The molecule has 0 bridgehead atoms. The van der Waals surface area contributed by atoms with Crippen LogP contribution in [0.25, 0.3) is 0 Å². The Morgan fingerprint density at radius 3 is 2.47 bits per heavy atom. The fourth-order valence-corrected chi connectivity index (χ4v) is 6.81. The van der Waals surface area contributed by atoms with Crippen molar-refractivity contribution in [3.8, 4) is 18.1 Å². The fourth-order valence-electron chi connectivity index (χ4n) is 4.76. The smallest absolute Gasteiger partial charge is 0.250 e. The highest BCUT2D eigenvalue weighted by molar-refractivity contribution is 14.1. The number of nitrogens with one attached hydrogen (secondary N) is 2. The summed E-state index contributed by atoms with van der Waals surface area (Å²) in [6.07, 6.45) is 10.4. The highest BCUT2D eigenvalue weighted by Gasteiger charge is 2.22. The van der Waals surface area contributed by atoms with Crippen molar-refractivity contribution >= 4 is 87.3 Å². The van der Waals surface area contributed by atoms with Crippen LogP contribution in [0.1, 0.15) is 29.5 Å². The first-order chi connectivity index (χ1) is 20.5. The van der Waals surface area contributed by atoms with Crippen molar-refractivity contribution in [1.29, 1.82) is 0 Å². The minimum atomic E-state index is 0. The second-order valence-corrected chi connectivity index (χ2v) is 12.5. The molecule has 5 rings (SSSR count). The Morgan fingerprint density at radius 2 is 1.74 bits per heavy atom. The molecule has 0 unspecified atom stereocenters. The number of aryl methyl sites for hydroxylation is 1. The molecule has 0 radical (unpaired) electrons. The summed E-state index contributed by atoms with van der Waals surface area (Å²) in [4.78, 5) is 16.4. The second-order valence-electron chi connectivity index (χ2n) is 10.1. The maximum absolute atomic E-state index is 5.79. The van der Waals surface area contributed by atoms with Gasteiger partial charge in [-0.3, -0.25) is 0 Å². The molecule has 0 saturated carbocycles. The van der Waals surface area contributed by atoms with E-state index < -0.39 is 0 Å². The molecule has 1 saturated heterocycles. The average Bonchev–Trinajstić information content (AvgIpc) is 2.99. The van der Waals surface area contributed by atoms with E-state index in [9.17, 15) is 0 Å². The lowest BCUT2D eigenvalue weighted by atomic mass is 9.90. The van der Waals surface area contributed by atoms with E-state index in [-0.39, 0.29) is 19.0 Å². The van der Waals surface area contributed by atoms with E-state index in [4.69, 9.17) is 21.1 Å². The molecular formula is C32H32ClI2N7O. The molecule has 11 heteroatoms. The first kappa shape index (κ1) is 32.8. The van der Waals surface area contributed by atoms with Crippen LogP contribution in [0.2, 0.25) is 0 Å². The Kier molecular flexibility index (Phi) is 12.2. The molecular weight excluding hydrogens is 788 g/mol. The molecule has 8 nitrogen and oxygen atoms in total. The number of ether oxygens (including phenoxy) is 1. The Hall–Kier alpha value is -3.15. The quantitative estimate of drug-likeness (QED) is 0.0744. The van der Waals surface area contributed by atoms with Gasteiger partial charge in [-0.2, -0.15) is 20.1 Å². The number of hydrazone groups is 1. The predicted molar refractivity (Wildman–Crippen MR) is 194 cm³/mol. The number of benzene rings is 3. The van der Waals surface area contributed by atoms with Crippen molar-refractivity contribution in [3.05, 3.63) is 90.6 Å². The highest BCUT2D eigenvalue weighted by Crippen LogP contribution is 2.28. The van der Waals surface area contributed by atoms with E-state index >= 15 is 0 Å². The standard InChI is InChI=1S/C32H31I2N7O.ClH/c1-3-17-42-29-25(19-26(33)20-28(29)34)21-35-40-31-37-30(36-27-11-9-22(2)10-12-27)38-32(39-31)41-15-13-24(14-16-41)18-23-7-5-4-6-8-23;/h1,4-12,19-21,24H,13-18H2,2H3,(H2,36,37,38,39,40);1H/b35-21+;. The molecule has 1 aromatic heterocycles. The van der Waals surface area contributed by atoms with Crippen molar-refractivity contribution in [2.75, 3.05) is 35.3 Å². The number of hydrogen-bond acceptors (Lipinski definition) is 8. The van der Waals surface area contributed by atoms with E-state index in [0.717, 1.165) is 50.7 Å². The number of aromatic nitrogens is 3. The minimum Gasteiger partial charge on any atom is -0.479 e. The average molecular weight is 820 g/mol. The lowest BCUT2D eigenvalue weighted by Gasteiger charge is -2.32. The van der Waals surface area contributed by atoms with Gasteiger partial charge in [-0.25, -0.2) is 5.43 Å². The largest absolute Gasteiger partial charge is 0.479 e. The summed E-state index contributed by atoms with van der Waals surface area (Å²) >= 11 is 4.51. The van der Waals surface area contributed by atoms with E-state index in [1.165, 1.54) is 11.1 Å². The van der Waals surface area contributed by atoms with Crippen molar-refractivity contribution in [2.45, 2.75) is 26.2 Å². The van der Waals surface area contributed by atoms with Crippen LogP contribution in [-0.4, -0.2) is 40.9 Å². The third-order valence-corrected chi connectivity index (χ3v) is 8.33. The van der Waals surface area contributed by atoms with Crippen molar-refractivity contribution in [1.82, 2.24) is 15.0 Å². The first-order valence-corrected chi connectivity index (χ1v) is 15.9. The number of anilines is 4. The zero-order valence-corrected chi connectivity index (χ0v) is 28.8. The molecule has 0 aliphatic carbocycles. The summed E-state index contributed by atoms with van der Waals surface area (Å²) < 4.78 is 7.81. The number of rotatable bonds is 10. The van der Waals surface area contributed by atoms with Crippen LogP contribution in [0.3, 0.4) is 0 Å². The third-order valence-electron chi connectivity index (χ3n) is 6.90. The molecule has 43 heavy (non-hydrogen) atoms. The number of piperidine rings is 1. The van der Waals surface area contributed by atoms with Crippen LogP contribution in [0.15, 0.2) is 71.8 Å². The Morgan fingerprint density at radius 1 is 1.02 bits per heavy atom. The van der Waals surface area contributed by atoms with Crippen molar-refractivity contribution < 1.29 is 4.74 Å². The summed E-state index contributed by atoms with van der Waals surface area (Å²) in [5.74, 6) is 5.28. The van der Waals surface area contributed by atoms with Crippen molar-refractivity contribution in [2.24, 2.45) is 11.0 Å². The highest BCUT2D eigenvalue weighted by atomic mass is 127. The molecule has 1 aliphatic rings. The topological polar surface area (TPSA) is 87.6 Å². The van der Waals surface area contributed by atoms with Crippen molar-refractivity contribution in [3.63, 3.8) is 0 Å². The lowest BCUT2D eigenvalue weighted by Crippen LogP contribution is -2.35. The molecule has 0 spiro atoms. The molecule has 0 atom stereocenters. The van der Waals surface area contributed by atoms with Crippen LogP contribution in [-0.2, 0) is 6.42 Å². The maximum Gasteiger partial charge on any atom is 0.250 e. The summed E-state index contributed by atoms with van der Waals surface area (Å²) in [5.41, 5.74) is 7.29. The van der Waals surface area contributed by atoms with Crippen LogP contribution in [0.4, 0.5) is 23.5 Å². The molecule has 3 aromatic carbocycles. The monoisotopic (exact) mass is 819 g/mol. The van der Waals surface area contributed by atoms with Crippen LogP contribution in [0.5, 0.6) is 5.75 Å². The van der Waals surface area contributed by atoms with Gasteiger partial charge >= 0.3 is 0 Å². The summed E-state index contributed by atoms with van der Waals surface area (Å²) in [5, 5.41) is 7.78. The van der Waals surface area contributed by atoms with E-state index in [1.807, 2.05) is 36.4 Å². The number of halogens is 3. The summed E-state index contributed by atoms with van der Waals surface area (Å²) in [7, 11) is 0.